The van der Waals surface area contributed by atoms with Gasteiger partial charge in [-0.3, -0.25) is 4.79 Å². The molecule has 106 valence electrons. The quantitative estimate of drug-likeness (QED) is 0.647. The molecule has 0 bridgehead atoms. The van der Waals surface area contributed by atoms with E-state index in [9.17, 15) is 13.2 Å². The Hall–Kier alpha value is -2.11. The summed E-state index contributed by atoms with van der Waals surface area (Å²) in [5.74, 6) is -0.559. The van der Waals surface area contributed by atoms with Crippen molar-refractivity contribution in [3.63, 3.8) is 0 Å². The number of carbonyl (C=O) groups is 1. The van der Waals surface area contributed by atoms with Crippen LogP contribution >= 0.6 is 11.6 Å². The zero-order valence-electron chi connectivity index (χ0n) is 10.7. The molecule has 0 saturated carbocycles. The Morgan fingerprint density at radius 3 is 2.52 bits per heavy atom. The highest BCUT2D eigenvalue weighted by Gasteiger charge is 2.39. The van der Waals surface area contributed by atoms with Gasteiger partial charge in [-0.2, -0.15) is 0 Å². The van der Waals surface area contributed by atoms with Crippen LogP contribution < -0.4 is 5.73 Å². The van der Waals surface area contributed by atoms with E-state index in [2.05, 4.69) is 0 Å². The summed E-state index contributed by atoms with van der Waals surface area (Å²) in [7, 11) is -3.83. The van der Waals surface area contributed by atoms with Gasteiger partial charge in [-0.25, -0.2) is 8.42 Å². The minimum absolute atomic E-state index is 0.0161. The largest absolute Gasteiger partial charge is 0.398 e. The van der Waals surface area contributed by atoms with Crippen LogP contribution in [0.15, 0.2) is 52.3 Å². The average Bonchev–Trinajstić information content (AvgIpc) is 2.62. The van der Waals surface area contributed by atoms with E-state index >= 15 is 0 Å². The highest BCUT2D eigenvalue weighted by Crippen LogP contribution is 2.36. The maximum atomic E-state index is 12.4. The minimum Gasteiger partial charge on any atom is -0.398 e. The molecule has 0 atom stereocenters. The Morgan fingerprint density at radius 2 is 1.81 bits per heavy atom. The molecule has 21 heavy (non-hydrogen) atoms. The number of sulfone groups is 1. The van der Waals surface area contributed by atoms with Crippen LogP contribution in [0.25, 0.3) is 6.08 Å². The van der Waals surface area contributed by atoms with Crippen LogP contribution in [-0.2, 0) is 9.84 Å². The van der Waals surface area contributed by atoms with Gasteiger partial charge in [0.05, 0.1) is 4.90 Å². The molecule has 4 nitrogen and oxygen atoms in total. The summed E-state index contributed by atoms with van der Waals surface area (Å²) in [5, 5.41) is 0.317. The molecular weight excluding hydrogens is 310 g/mol. The van der Waals surface area contributed by atoms with Gasteiger partial charge in [-0.1, -0.05) is 29.8 Å². The molecule has 0 saturated heterocycles. The van der Waals surface area contributed by atoms with Crippen molar-refractivity contribution in [2.24, 2.45) is 0 Å². The van der Waals surface area contributed by atoms with Gasteiger partial charge in [0.15, 0.2) is 0 Å². The topological polar surface area (TPSA) is 77.2 Å². The summed E-state index contributed by atoms with van der Waals surface area (Å²) >= 11 is 5.83. The fourth-order valence-electron chi connectivity index (χ4n) is 2.21. The molecule has 2 aromatic carbocycles. The first-order valence-electron chi connectivity index (χ1n) is 6.07. The Kier molecular flexibility index (Phi) is 3.11. The summed E-state index contributed by atoms with van der Waals surface area (Å²) in [6.07, 6.45) is 1.31. The molecule has 0 spiro atoms. The molecule has 1 aliphatic rings. The molecule has 1 heterocycles. The maximum absolute atomic E-state index is 12.4. The highest BCUT2D eigenvalue weighted by molar-refractivity contribution is 7.97. The summed E-state index contributed by atoms with van der Waals surface area (Å²) in [6.45, 7) is 0. The molecule has 0 aromatic heterocycles. The van der Waals surface area contributed by atoms with Crippen molar-refractivity contribution in [1.82, 2.24) is 0 Å². The standard InChI is InChI=1S/C15H10ClNO3S/c16-10-5-6-13-11(8-10)15(18)14(21(13,19)20)7-9-3-1-2-4-12(9)17/h1-8H,17H2/b14-7+. The molecule has 0 radical (unpaired) electrons. The van der Waals surface area contributed by atoms with Crippen LogP contribution in [-0.4, -0.2) is 14.2 Å². The van der Waals surface area contributed by atoms with Crippen LogP contribution in [0.3, 0.4) is 0 Å². The molecule has 3 rings (SSSR count). The third kappa shape index (κ3) is 2.14. The van der Waals surface area contributed by atoms with E-state index in [4.69, 9.17) is 17.3 Å². The Balaban J connectivity index is 2.24. The normalized spacial score (nSPS) is 18.0. The predicted octanol–water partition coefficient (Wildman–Crippen LogP) is 2.93. The molecule has 0 fully saturated rings. The monoisotopic (exact) mass is 319 g/mol. The third-order valence-electron chi connectivity index (χ3n) is 3.27. The highest BCUT2D eigenvalue weighted by atomic mass is 35.5. The van der Waals surface area contributed by atoms with Crippen molar-refractivity contribution < 1.29 is 13.2 Å². The fourth-order valence-corrected chi connectivity index (χ4v) is 3.95. The van der Waals surface area contributed by atoms with Crippen molar-refractivity contribution >= 4 is 39.0 Å². The van der Waals surface area contributed by atoms with Gasteiger partial charge in [-0.05, 0) is 35.9 Å². The first-order chi connectivity index (χ1) is 9.91. The van der Waals surface area contributed by atoms with Crippen molar-refractivity contribution in [2.75, 3.05) is 5.73 Å². The van der Waals surface area contributed by atoms with Crippen LogP contribution in [0.4, 0.5) is 5.69 Å². The number of benzene rings is 2. The van der Waals surface area contributed by atoms with E-state index < -0.39 is 15.6 Å². The number of ketones is 1. The fraction of sp³-hybridized carbons (Fsp3) is 0. The van der Waals surface area contributed by atoms with Gasteiger partial charge in [0.2, 0.25) is 15.6 Å². The number of hydrogen-bond donors (Lipinski definition) is 1. The second kappa shape index (κ2) is 4.72. The van der Waals surface area contributed by atoms with Crippen LogP contribution in [0.1, 0.15) is 15.9 Å². The number of nitrogens with two attached hydrogens (primary N) is 1. The number of fused-ring (bicyclic) bond motifs is 1. The molecule has 0 aliphatic carbocycles. The molecule has 1 aliphatic heterocycles. The Labute approximate surface area is 126 Å². The zero-order valence-corrected chi connectivity index (χ0v) is 12.3. The lowest BCUT2D eigenvalue weighted by Crippen LogP contribution is -2.02. The third-order valence-corrected chi connectivity index (χ3v) is 5.32. The van der Waals surface area contributed by atoms with E-state index in [-0.39, 0.29) is 15.4 Å². The lowest BCUT2D eigenvalue weighted by atomic mass is 10.1. The number of halogens is 1. The zero-order chi connectivity index (χ0) is 15.2. The number of para-hydroxylation sites is 1. The first-order valence-corrected chi connectivity index (χ1v) is 7.93. The van der Waals surface area contributed by atoms with Gasteiger partial charge in [0.1, 0.15) is 4.91 Å². The van der Waals surface area contributed by atoms with Crippen molar-refractivity contribution in [3.05, 3.63) is 63.5 Å². The van der Waals surface area contributed by atoms with E-state index in [0.717, 1.165) is 0 Å². The van der Waals surface area contributed by atoms with E-state index in [1.165, 1.54) is 24.3 Å². The number of anilines is 1. The number of Topliss-reactive ketones (excluding diaryl/α,β-unsaturated/α-hetero) is 1. The first kappa shape index (κ1) is 13.9. The Bertz CT molecular complexity index is 901. The smallest absolute Gasteiger partial charge is 0.211 e. The maximum Gasteiger partial charge on any atom is 0.211 e. The van der Waals surface area contributed by atoms with Crippen molar-refractivity contribution in [1.29, 1.82) is 0 Å². The molecule has 0 amide bonds. The molecular formula is C15H10ClNO3S. The van der Waals surface area contributed by atoms with Crippen molar-refractivity contribution in [3.8, 4) is 0 Å². The summed E-state index contributed by atoms with van der Waals surface area (Å²) < 4.78 is 24.9. The van der Waals surface area contributed by atoms with E-state index in [0.29, 0.717) is 16.3 Å². The lowest BCUT2D eigenvalue weighted by molar-refractivity contribution is 0.104. The van der Waals surface area contributed by atoms with E-state index in [1.54, 1.807) is 24.3 Å². The minimum atomic E-state index is -3.83. The molecule has 0 unspecified atom stereocenters. The van der Waals surface area contributed by atoms with Crippen LogP contribution in [0.5, 0.6) is 0 Å². The van der Waals surface area contributed by atoms with Gasteiger partial charge in [-0.15, -0.1) is 0 Å². The van der Waals surface area contributed by atoms with Crippen molar-refractivity contribution in [2.45, 2.75) is 4.90 Å². The second-order valence-corrected chi connectivity index (χ2v) is 6.93. The second-order valence-electron chi connectivity index (χ2n) is 4.61. The number of rotatable bonds is 1. The van der Waals surface area contributed by atoms with E-state index in [1.807, 2.05) is 0 Å². The number of nitrogen functional groups attached to an aromatic ring is 1. The van der Waals surface area contributed by atoms with Gasteiger partial charge < -0.3 is 5.73 Å². The van der Waals surface area contributed by atoms with Gasteiger partial charge >= 0.3 is 0 Å². The molecule has 6 heteroatoms. The van der Waals surface area contributed by atoms with Gasteiger partial charge in [0, 0.05) is 16.3 Å². The molecule has 2 aromatic rings. The number of allylic oxidation sites excluding steroid dienone is 1. The summed E-state index contributed by atoms with van der Waals surface area (Å²) in [4.78, 5) is 12.0. The van der Waals surface area contributed by atoms with Crippen LogP contribution in [0.2, 0.25) is 5.02 Å². The van der Waals surface area contributed by atoms with Gasteiger partial charge in [0.25, 0.3) is 0 Å². The number of hydrogen-bond acceptors (Lipinski definition) is 4. The SMILES string of the molecule is Nc1ccccc1/C=C1\C(=O)c2cc(Cl)ccc2S1(=O)=O. The predicted molar refractivity (Wildman–Crippen MR) is 81.8 cm³/mol. The Morgan fingerprint density at radius 1 is 1.10 bits per heavy atom. The lowest BCUT2D eigenvalue weighted by Gasteiger charge is -2.01. The summed E-state index contributed by atoms with van der Waals surface area (Å²) in [5.41, 5.74) is 6.78. The average molecular weight is 320 g/mol. The molecule has 2 N–H and O–H groups in total. The van der Waals surface area contributed by atoms with Crippen LogP contribution in [0, 0.1) is 0 Å². The summed E-state index contributed by atoms with van der Waals surface area (Å²) in [6, 6.07) is 10.9. The number of carbonyl (C=O) groups excluding carboxylic acids is 1.